The van der Waals surface area contributed by atoms with Gasteiger partial charge in [0.25, 0.3) is 0 Å². The van der Waals surface area contributed by atoms with E-state index in [0.29, 0.717) is 18.4 Å². The Hall–Kier alpha value is -1.40. The van der Waals surface area contributed by atoms with Crippen LogP contribution in [0.4, 0.5) is 0 Å². The second-order valence-corrected chi connectivity index (χ2v) is 6.38. The Labute approximate surface area is 132 Å². The zero-order chi connectivity index (χ0) is 15.4. The molecule has 0 bridgehead atoms. The van der Waals surface area contributed by atoms with Crippen LogP contribution >= 0.6 is 0 Å². The molecule has 122 valence electrons. The molecule has 1 amide bonds. The van der Waals surface area contributed by atoms with Crippen molar-refractivity contribution >= 4 is 5.91 Å². The van der Waals surface area contributed by atoms with Crippen molar-refractivity contribution in [2.75, 3.05) is 52.4 Å². The van der Waals surface area contributed by atoms with Gasteiger partial charge in [0.2, 0.25) is 5.91 Å². The fourth-order valence-corrected chi connectivity index (χ4v) is 3.49. The molecule has 3 heterocycles. The number of aromatic nitrogens is 2. The van der Waals surface area contributed by atoms with Gasteiger partial charge in [-0.2, -0.15) is 5.10 Å². The van der Waals surface area contributed by atoms with Crippen molar-refractivity contribution < 1.29 is 4.79 Å². The van der Waals surface area contributed by atoms with E-state index in [4.69, 9.17) is 0 Å². The molecule has 3 rings (SSSR count). The Bertz CT molecular complexity index is 459. The molecule has 1 aromatic rings. The largest absolute Gasteiger partial charge is 0.342 e. The Morgan fingerprint density at radius 2 is 1.86 bits per heavy atom. The first-order valence-electron chi connectivity index (χ1n) is 8.48. The van der Waals surface area contributed by atoms with Crippen LogP contribution in [0, 0.1) is 0 Å². The molecule has 0 saturated carbocycles. The minimum absolute atomic E-state index is 0.299. The summed E-state index contributed by atoms with van der Waals surface area (Å²) in [6.45, 7) is 9.86. The first kappa shape index (κ1) is 15.5. The van der Waals surface area contributed by atoms with E-state index in [2.05, 4.69) is 33.0 Å². The molecule has 0 spiro atoms. The normalized spacial score (nSPS) is 22.1. The van der Waals surface area contributed by atoms with E-state index >= 15 is 0 Å². The van der Waals surface area contributed by atoms with Crippen LogP contribution < -0.4 is 0 Å². The van der Waals surface area contributed by atoms with E-state index < -0.39 is 0 Å². The third kappa shape index (κ3) is 3.67. The summed E-state index contributed by atoms with van der Waals surface area (Å²) in [5.41, 5.74) is 1.21. The number of rotatable bonds is 4. The van der Waals surface area contributed by atoms with Crippen LogP contribution in [0.1, 0.15) is 31.4 Å². The van der Waals surface area contributed by atoms with Gasteiger partial charge in [0.15, 0.2) is 0 Å². The van der Waals surface area contributed by atoms with Crippen molar-refractivity contribution in [2.45, 2.75) is 25.7 Å². The number of piperidine rings is 1. The van der Waals surface area contributed by atoms with Crippen molar-refractivity contribution in [3.8, 4) is 0 Å². The average molecular weight is 305 g/mol. The maximum absolute atomic E-state index is 12.5. The molecule has 0 aliphatic carbocycles. The Morgan fingerprint density at radius 1 is 1.18 bits per heavy atom. The number of nitrogens with one attached hydrogen (secondary N) is 1. The number of nitrogens with zero attached hydrogens (tertiary/aromatic N) is 4. The predicted octanol–water partition coefficient (Wildman–Crippen LogP) is 0.753. The summed E-state index contributed by atoms with van der Waals surface area (Å²) in [5, 5.41) is 7.09. The molecule has 0 aromatic carbocycles. The highest BCUT2D eigenvalue weighted by Gasteiger charge is 2.26. The Morgan fingerprint density at radius 3 is 2.45 bits per heavy atom. The lowest BCUT2D eigenvalue weighted by Crippen LogP contribution is -2.50. The molecule has 6 nitrogen and oxygen atoms in total. The highest BCUT2D eigenvalue weighted by Crippen LogP contribution is 2.26. The molecule has 2 saturated heterocycles. The first-order valence-corrected chi connectivity index (χ1v) is 8.48. The number of likely N-dealkylation sites (N-methyl/N-ethyl adjacent to an activating group) is 1. The smallest absolute Gasteiger partial charge is 0.236 e. The summed E-state index contributed by atoms with van der Waals surface area (Å²) in [4.78, 5) is 19.2. The fourth-order valence-electron chi connectivity index (χ4n) is 3.49. The SMILES string of the molecule is CCN1CCN(CC(=O)N2CCC(c3ccn[nH]3)CC2)CC1. The number of hydrogen-bond acceptors (Lipinski definition) is 4. The summed E-state index contributed by atoms with van der Waals surface area (Å²) in [7, 11) is 0. The molecule has 1 N–H and O–H groups in total. The van der Waals surface area contributed by atoms with Crippen LogP contribution in [0.5, 0.6) is 0 Å². The van der Waals surface area contributed by atoms with Gasteiger partial charge >= 0.3 is 0 Å². The van der Waals surface area contributed by atoms with E-state index in [0.717, 1.165) is 58.7 Å². The number of hydrogen-bond donors (Lipinski definition) is 1. The minimum atomic E-state index is 0.299. The standard InChI is InChI=1S/C16H27N5O/c1-2-19-9-11-20(12-10-19)13-16(22)21-7-4-14(5-8-21)15-3-6-17-18-15/h3,6,14H,2,4-5,7-13H2,1H3,(H,17,18). The second-order valence-electron chi connectivity index (χ2n) is 6.38. The maximum atomic E-state index is 12.5. The van der Waals surface area contributed by atoms with Gasteiger partial charge in [0.1, 0.15) is 0 Å². The lowest BCUT2D eigenvalue weighted by Gasteiger charge is -2.36. The van der Waals surface area contributed by atoms with Gasteiger partial charge in [-0.1, -0.05) is 6.92 Å². The third-order valence-corrected chi connectivity index (χ3v) is 5.08. The van der Waals surface area contributed by atoms with Gasteiger partial charge in [-0.3, -0.25) is 14.8 Å². The van der Waals surface area contributed by atoms with E-state index in [1.807, 2.05) is 11.1 Å². The second kappa shape index (κ2) is 7.24. The molecule has 0 unspecified atom stereocenters. The number of carbonyl (C=O) groups is 1. The summed E-state index contributed by atoms with van der Waals surface area (Å²) in [5.74, 6) is 0.827. The van der Waals surface area contributed by atoms with Crippen molar-refractivity contribution in [1.29, 1.82) is 0 Å². The maximum Gasteiger partial charge on any atom is 0.236 e. The van der Waals surface area contributed by atoms with Crippen LogP contribution in [0.25, 0.3) is 0 Å². The number of H-pyrrole nitrogens is 1. The van der Waals surface area contributed by atoms with Gasteiger partial charge < -0.3 is 9.80 Å². The van der Waals surface area contributed by atoms with Crippen molar-refractivity contribution in [1.82, 2.24) is 24.9 Å². The predicted molar refractivity (Wildman–Crippen MR) is 85.7 cm³/mol. The molecular weight excluding hydrogens is 278 g/mol. The molecule has 2 aliphatic rings. The number of likely N-dealkylation sites (tertiary alicyclic amines) is 1. The van der Waals surface area contributed by atoms with Crippen molar-refractivity contribution in [3.63, 3.8) is 0 Å². The van der Waals surface area contributed by atoms with Gasteiger partial charge in [-0.05, 0) is 25.5 Å². The van der Waals surface area contributed by atoms with Crippen molar-refractivity contribution in [2.24, 2.45) is 0 Å². The lowest BCUT2D eigenvalue weighted by molar-refractivity contribution is -0.133. The van der Waals surface area contributed by atoms with Crippen molar-refractivity contribution in [3.05, 3.63) is 18.0 Å². The summed E-state index contributed by atoms with van der Waals surface area (Å²) >= 11 is 0. The Kier molecular flexibility index (Phi) is 5.10. The highest BCUT2D eigenvalue weighted by atomic mass is 16.2. The summed E-state index contributed by atoms with van der Waals surface area (Å²) < 4.78 is 0. The van der Waals surface area contributed by atoms with E-state index in [9.17, 15) is 4.79 Å². The topological polar surface area (TPSA) is 55.5 Å². The number of amides is 1. The Balaban J connectivity index is 1.42. The van der Waals surface area contributed by atoms with Gasteiger partial charge in [-0.15, -0.1) is 0 Å². The van der Waals surface area contributed by atoms with Crippen LogP contribution in [0.2, 0.25) is 0 Å². The van der Waals surface area contributed by atoms with Gasteiger partial charge in [0.05, 0.1) is 6.54 Å². The molecule has 2 aliphatic heterocycles. The van der Waals surface area contributed by atoms with E-state index in [1.54, 1.807) is 0 Å². The molecule has 2 fully saturated rings. The van der Waals surface area contributed by atoms with Gasteiger partial charge in [0, 0.05) is 57.1 Å². The van der Waals surface area contributed by atoms with E-state index in [1.165, 1.54) is 5.69 Å². The van der Waals surface area contributed by atoms with Crippen LogP contribution in [0.3, 0.4) is 0 Å². The molecule has 0 atom stereocenters. The van der Waals surface area contributed by atoms with Crippen LogP contribution in [-0.2, 0) is 4.79 Å². The number of aromatic amines is 1. The zero-order valence-corrected chi connectivity index (χ0v) is 13.5. The molecule has 6 heteroatoms. The average Bonchev–Trinajstić information content (AvgIpc) is 3.10. The monoisotopic (exact) mass is 305 g/mol. The minimum Gasteiger partial charge on any atom is -0.342 e. The fraction of sp³-hybridized carbons (Fsp3) is 0.750. The van der Waals surface area contributed by atoms with Gasteiger partial charge in [-0.25, -0.2) is 0 Å². The first-order chi connectivity index (χ1) is 10.8. The highest BCUT2D eigenvalue weighted by molar-refractivity contribution is 5.78. The lowest BCUT2D eigenvalue weighted by atomic mass is 9.93. The zero-order valence-electron chi connectivity index (χ0n) is 13.5. The third-order valence-electron chi connectivity index (χ3n) is 5.08. The van der Waals surface area contributed by atoms with Crippen LogP contribution in [0.15, 0.2) is 12.3 Å². The summed E-state index contributed by atoms with van der Waals surface area (Å²) in [6, 6.07) is 2.05. The molecule has 1 aromatic heterocycles. The number of piperazine rings is 1. The van der Waals surface area contributed by atoms with Crippen LogP contribution in [-0.4, -0.2) is 83.2 Å². The molecular formula is C16H27N5O. The summed E-state index contributed by atoms with van der Waals surface area (Å²) in [6.07, 6.45) is 3.89. The quantitative estimate of drug-likeness (QED) is 0.892. The van der Waals surface area contributed by atoms with E-state index in [-0.39, 0.29) is 0 Å². The molecule has 0 radical (unpaired) electrons. The molecule has 22 heavy (non-hydrogen) atoms. The number of carbonyl (C=O) groups excluding carboxylic acids is 1.